The minimum absolute atomic E-state index is 1.17. The van der Waals surface area contributed by atoms with Gasteiger partial charge in [-0.1, -0.05) is 49.7 Å². The van der Waals surface area contributed by atoms with Crippen molar-refractivity contribution in [3.63, 3.8) is 0 Å². The molecule has 0 bridgehead atoms. The summed E-state index contributed by atoms with van der Waals surface area (Å²) in [5, 5.41) is 0. The van der Waals surface area contributed by atoms with E-state index in [0.717, 1.165) is 0 Å². The van der Waals surface area contributed by atoms with Crippen molar-refractivity contribution in [3.8, 4) is 0 Å². The van der Waals surface area contributed by atoms with Crippen LogP contribution >= 0.6 is 19.1 Å². The van der Waals surface area contributed by atoms with Crippen LogP contribution in [0, 0.1) is 0 Å². The average Bonchev–Trinajstić information content (AvgIpc) is 2.78. The molecule has 0 saturated heterocycles. The van der Waals surface area contributed by atoms with Crippen molar-refractivity contribution in [1.29, 1.82) is 0 Å². The fourth-order valence-corrected chi connectivity index (χ4v) is 2.95. The van der Waals surface area contributed by atoms with Crippen molar-refractivity contribution in [2.75, 3.05) is 0 Å². The molecule has 134 valence electrons. The zero-order chi connectivity index (χ0) is 17.6. The second-order valence-electron chi connectivity index (χ2n) is 5.26. The molecule has 0 amide bonds. The van der Waals surface area contributed by atoms with Crippen LogP contribution in [0.5, 0.6) is 0 Å². The van der Waals surface area contributed by atoms with E-state index in [4.69, 9.17) is 0 Å². The third kappa shape index (κ3) is 11.3. The number of unbranched alkanes of at least 4 members (excludes halogenated alkanes) is 4. The molecule has 1 aromatic heterocycles. The van der Waals surface area contributed by atoms with E-state index < -0.39 is 7.81 Å². The summed E-state index contributed by atoms with van der Waals surface area (Å²) in [5.74, 6) is 0. The minimum atomic E-state index is -10.7. The number of rotatable bonds is 6. The Morgan fingerprint density at radius 2 is 1.48 bits per heavy atom. The van der Waals surface area contributed by atoms with Crippen LogP contribution in [0.3, 0.4) is 0 Å². The van der Waals surface area contributed by atoms with Crippen LogP contribution in [0.1, 0.15) is 39.0 Å². The first kappa shape index (κ1) is 20.2. The predicted molar refractivity (Wildman–Crippen MR) is 84.3 cm³/mol. The standard InChI is InChI=1S/C14H20NS.F6P/c1-2-3-4-5-8-11-15-12-16-14-10-7-6-9-13(14)15;1-7(2,3,4,5)6/h6-7,9-10,12H,2-5,8,11H2,1H3;/q+1;-1. The van der Waals surface area contributed by atoms with Gasteiger partial charge < -0.3 is 0 Å². The van der Waals surface area contributed by atoms with Crippen LogP contribution in [0.4, 0.5) is 25.2 Å². The van der Waals surface area contributed by atoms with Gasteiger partial charge in [-0.3, -0.25) is 0 Å². The molecule has 0 N–H and O–H groups in total. The number of benzene rings is 1. The van der Waals surface area contributed by atoms with Gasteiger partial charge in [-0.15, -0.1) is 0 Å². The van der Waals surface area contributed by atoms with Gasteiger partial charge in [0.25, 0.3) is 0 Å². The second-order valence-corrected chi connectivity index (χ2v) is 8.06. The van der Waals surface area contributed by atoms with Crippen molar-refractivity contribution in [1.82, 2.24) is 0 Å². The van der Waals surface area contributed by atoms with Crippen molar-refractivity contribution >= 4 is 29.4 Å². The molecule has 23 heavy (non-hydrogen) atoms. The normalized spacial score (nSPS) is 14.7. The Hall–Kier alpha value is -0.880. The van der Waals surface area contributed by atoms with E-state index in [-0.39, 0.29) is 0 Å². The van der Waals surface area contributed by atoms with E-state index in [2.05, 4.69) is 41.3 Å². The Balaban J connectivity index is 0.000000322. The van der Waals surface area contributed by atoms with Gasteiger partial charge in [0.1, 0.15) is 11.2 Å². The molecule has 0 spiro atoms. The summed E-state index contributed by atoms with van der Waals surface area (Å²) >= 11 is 1.85. The number of fused-ring (bicyclic) bond motifs is 1. The van der Waals surface area contributed by atoms with Gasteiger partial charge in [0.05, 0.1) is 0 Å². The zero-order valence-electron chi connectivity index (χ0n) is 12.7. The van der Waals surface area contributed by atoms with Crippen molar-refractivity contribution in [2.24, 2.45) is 0 Å². The first-order chi connectivity index (χ1) is 10.4. The van der Waals surface area contributed by atoms with Crippen LogP contribution in [0.2, 0.25) is 0 Å². The number of hydrogen-bond acceptors (Lipinski definition) is 1. The fourth-order valence-electron chi connectivity index (χ4n) is 2.03. The zero-order valence-corrected chi connectivity index (χ0v) is 14.4. The molecule has 0 aliphatic carbocycles. The Labute approximate surface area is 135 Å². The van der Waals surface area contributed by atoms with E-state index >= 15 is 0 Å². The molecular formula is C14H20F6NPS. The number of nitrogens with zero attached hydrogens (tertiary/aromatic N) is 1. The fraction of sp³-hybridized carbons (Fsp3) is 0.500. The number of aryl methyl sites for hydroxylation is 1. The second kappa shape index (κ2) is 6.93. The summed E-state index contributed by atoms with van der Waals surface area (Å²) in [6, 6.07) is 8.67. The summed E-state index contributed by atoms with van der Waals surface area (Å²) in [4.78, 5) is 0. The number of aromatic nitrogens is 1. The van der Waals surface area contributed by atoms with Gasteiger partial charge in [-0.2, -0.15) is 4.57 Å². The van der Waals surface area contributed by atoms with Gasteiger partial charge in [0.2, 0.25) is 11.0 Å². The van der Waals surface area contributed by atoms with Crippen LogP contribution in [-0.2, 0) is 6.54 Å². The molecular weight excluding hydrogens is 359 g/mol. The number of thiazole rings is 1. The molecule has 0 unspecified atom stereocenters. The topological polar surface area (TPSA) is 3.88 Å². The summed E-state index contributed by atoms with van der Waals surface area (Å²) in [5.41, 5.74) is 3.65. The first-order valence-corrected chi connectivity index (χ1v) is 10.2. The average molecular weight is 379 g/mol. The van der Waals surface area contributed by atoms with E-state index in [0.29, 0.717) is 0 Å². The van der Waals surface area contributed by atoms with Crippen LogP contribution in [-0.4, -0.2) is 0 Å². The van der Waals surface area contributed by atoms with Gasteiger partial charge in [-0.25, -0.2) is 0 Å². The van der Waals surface area contributed by atoms with Gasteiger partial charge in [-0.05, 0) is 12.5 Å². The Morgan fingerprint density at radius 3 is 2.09 bits per heavy atom. The van der Waals surface area contributed by atoms with Crippen molar-refractivity contribution in [2.45, 2.75) is 45.6 Å². The van der Waals surface area contributed by atoms with E-state index in [9.17, 15) is 25.2 Å². The van der Waals surface area contributed by atoms with E-state index in [1.165, 1.54) is 48.9 Å². The Morgan fingerprint density at radius 1 is 0.913 bits per heavy atom. The number of halogens is 6. The summed E-state index contributed by atoms with van der Waals surface area (Å²) < 4.78 is 63.0. The van der Waals surface area contributed by atoms with Crippen LogP contribution < -0.4 is 4.57 Å². The van der Waals surface area contributed by atoms with Gasteiger partial charge >= 0.3 is 33.0 Å². The molecule has 9 heteroatoms. The summed E-state index contributed by atoms with van der Waals surface area (Å²) in [6.07, 6.45) is 6.78. The van der Waals surface area contributed by atoms with Gasteiger partial charge in [0.15, 0.2) is 0 Å². The van der Waals surface area contributed by atoms with Crippen molar-refractivity contribution < 1.29 is 29.7 Å². The van der Waals surface area contributed by atoms with E-state index in [1.54, 1.807) is 0 Å². The molecule has 1 nitrogen and oxygen atoms in total. The molecule has 0 aliphatic heterocycles. The molecule has 1 aromatic carbocycles. The molecule has 0 radical (unpaired) electrons. The molecule has 0 aliphatic rings. The predicted octanol–water partition coefficient (Wildman–Crippen LogP) is 7.54. The number of para-hydroxylation sites is 1. The SMILES string of the molecule is CCCCCCC[n+]1csc2ccccc21.F[P-](F)(F)(F)(F)F. The van der Waals surface area contributed by atoms with Crippen LogP contribution in [0.15, 0.2) is 29.8 Å². The Kier molecular flexibility index (Phi) is 6.08. The van der Waals surface area contributed by atoms with Gasteiger partial charge in [0, 0.05) is 12.5 Å². The molecule has 2 aromatic rings. The first-order valence-electron chi connectivity index (χ1n) is 7.29. The molecule has 0 atom stereocenters. The third-order valence-corrected chi connectivity index (χ3v) is 3.94. The van der Waals surface area contributed by atoms with Crippen molar-refractivity contribution in [3.05, 3.63) is 29.8 Å². The third-order valence-electron chi connectivity index (χ3n) is 2.98. The Bertz CT molecular complexity index is 611. The molecule has 2 rings (SSSR count). The quantitative estimate of drug-likeness (QED) is 0.211. The monoisotopic (exact) mass is 379 g/mol. The number of hydrogen-bond donors (Lipinski definition) is 0. The molecule has 1 heterocycles. The summed E-state index contributed by atoms with van der Waals surface area (Å²) in [6.45, 7) is 3.44. The maximum atomic E-state index is 9.87. The summed E-state index contributed by atoms with van der Waals surface area (Å²) in [7, 11) is -10.7. The maximum absolute atomic E-state index is 10.7. The molecule has 0 fully saturated rings. The van der Waals surface area contributed by atoms with Crippen LogP contribution in [0.25, 0.3) is 10.2 Å². The van der Waals surface area contributed by atoms with E-state index in [1.807, 2.05) is 11.3 Å². The molecule has 0 saturated carbocycles.